The molecule has 2 aromatic rings. The number of rotatable bonds is 7. The van der Waals surface area contributed by atoms with E-state index >= 15 is 0 Å². The Balaban J connectivity index is 2.16. The maximum Gasteiger partial charge on any atom is 0.129 e. The van der Waals surface area contributed by atoms with Crippen LogP contribution < -0.4 is 4.90 Å². The Hall–Kier alpha value is -1.06. The smallest absolute Gasteiger partial charge is 0.129 e. The zero-order valence-corrected chi connectivity index (χ0v) is 14.5. The van der Waals surface area contributed by atoms with Gasteiger partial charge in [0.05, 0.1) is 0 Å². The zero-order valence-electron chi connectivity index (χ0n) is 13.0. The second-order valence-corrected chi connectivity index (χ2v) is 6.75. The molecule has 0 aliphatic rings. The number of aromatic nitrogens is 1. The Kier molecular flexibility index (Phi) is 6.07. The van der Waals surface area contributed by atoms with Gasteiger partial charge in [0.2, 0.25) is 0 Å². The summed E-state index contributed by atoms with van der Waals surface area (Å²) in [5.41, 5.74) is 2.29. The third-order valence-corrected chi connectivity index (χ3v) is 4.89. The third kappa shape index (κ3) is 4.45. The molecule has 0 saturated heterocycles. The molecule has 0 spiro atoms. The standard InChI is InChI=1S/C17H23ClN2S/c1-4-6-15-10-14(12-18)11-17(19-15)20(3)13(2)9-16-7-5-8-21-16/h5,7-8,10-11,13H,4,6,9,12H2,1-3H3. The zero-order chi connectivity index (χ0) is 15.2. The number of pyridine rings is 1. The van der Waals surface area contributed by atoms with Crippen molar-refractivity contribution in [1.29, 1.82) is 0 Å². The van der Waals surface area contributed by atoms with Crippen molar-refractivity contribution in [3.8, 4) is 0 Å². The van der Waals surface area contributed by atoms with Crippen molar-refractivity contribution >= 4 is 28.8 Å². The van der Waals surface area contributed by atoms with Crippen LogP contribution in [0.3, 0.4) is 0 Å². The molecule has 0 N–H and O–H groups in total. The summed E-state index contributed by atoms with van der Waals surface area (Å²) in [4.78, 5) is 8.46. The summed E-state index contributed by atoms with van der Waals surface area (Å²) < 4.78 is 0. The molecule has 0 saturated carbocycles. The fourth-order valence-corrected chi connectivity index (χ4v) is 3.34. The van der Waals surface area contributed by atoms with Crippen LogP contribution in [0.5, 0.6) is 0 Å². The summed E-state index contributed by atoms with van der Waals surface area (Å²) >= 11 is 7.84. The number of hydrogen-bond donors (Lipinski definition) is 0. The number of likely N-dealkylation sites (N-methyl/N-ethyl adjacent to an activating group) is 1. The fraction of sp³-hybridized carbons (Fsp3) is 0.471. The van der Waals surface area contributed by atoms with Crippen LogP contribution in [-0.4, -0.2) is 18.1 Å². The lowest BCUT2D eigenvalue weighted by molar-refractivity contribution is 0.677. The minimum absolute atomic E-state index is 0.413. The van der Waals surface area contributed by atoms with Crippen molar-refractivity contribution in [3.05, 3.63) is 45.8 Å². The maximum atomic E-state index is 6.03. The van der Waals surface area contributed by atoms with Gasteiger partial charge in [-0.25, -0.2) is 4.98 Å². The highest BCUT2D eigenvalue weighted by molar-refractivity contribution is 7.09. The topological polar surface area (TPSA) is 16.1 Å². The first kappa shape index (κ1) is 16.3. The molecule has 4 heteroatoms. The van der Waals surface area contributed by atoms with E-state index in [2.05, 4.69) is 55.4 Å². The lowest BCUT2D eigenvalue weighted by atomic mass is 10.1. The molecule has 0 aliphatic heterocycles. The van der Waals surface area contributed by atoms with Crippen molar-refractivity contribution in [2.75, 3.05) is 11.9 Å². The predicted molar refractivity (Wildman–Crippen MR) is 93.7 cm³/mol. The number of anilines is 1. The molecule has 0 aliphatic carbocycles. The predicted octanol–water partition coefficient (Wildman–Crippen LogP) is 4.90. The molecule has 2 aromatic heterocycles. The van der Waals surface area contributed by atoms with Gasteiger partial charge in [-0.2, -0.15) is 0 Å². The Morgan fingerprint density at radius 1 is 1.38 bits per heavy atom. The largest absolute Gasteiger partial charge is 0.357 e. The number of hydrogen-bond acceptors (Lipinski definition) is 3. The third-order valence-electron chi connectivity index (χ3n) is 3.68. The van der Waals surface area contributed by atoms with E-state index in [0.717, 1.165) is 36.3 Å². The Labute approximate surface area is 136 Å². The van der Waals surface area contributed by atoms with Gasteiger partial charge in [-0.1, -0.05) is 19.4 Å². The fourth-order valence-electron chi connectivity index (χ4n) is 2.36. The Morgan fingerprint density at radius 2 is 2.19 bits per heavy atom. The van der Waals surface area contributed by atoms with Crippen LogP contribution in [0.15, 0.2) is 29.6 Å². The van der Waals surface area contributed by atoms with Crippen LogP contribution in [0.1, 0.15) is 36.4 Å². The summed E-state index contributed by atoms with van der Waals surface area (Å²) in [7, 11) is 2.12. The second-order valence-electron chi connectivity index (χ2n) is 5.45. The van der Waals surface area contributed by atoms with E-state index < -0.39 is 0 Å². The van der Waals surface area contributed by atoms with Crippen LogP contribution in [0, 0.1) is 0 Å². The van der Waals surface area contributed by atoms with Gasteiger partial charge in [-0.05, 0) is 42.5 Å². The highest BCUT2D eigenvalue weighted by atomic mass is 35.5. The molecule has 0 radical (unpaired) electrons. The number of thiophene rings is 1. The molecular weight excluding hydrogens is 300 g/mol. The van der Waals surface area contributed by atoms with Crippen molar-refractivity contribution in [2.45, 2.75) is 45.0 Å². The quantitative estimate of drug-likeness (QED) is 0.674. The highest BCUT2D eigenvalue weighted by Gasteiger charge is 2.14. The van der Waals surface area contributed by atoms with Crippen molar-refractivity contribution in [1.82, 2.24) is 4.98 Å². The molecule has 21 heavy (non-hydrogen) atoms. The molecule has 114 valence electrons. The Bertz CT molecular complexity index is 554. The molecule has 0 fully saturated rings. The first-order valence-electron chi connectivity index (χ1n) is 7.45. The van der Waals surface area contributed by atoms with Gasteiger partial charge in [0.1, 0.15) is 5.82 Å². The van der Waals surface area contributed by atoms with Crippen LogP contribution in [0.2, 0.25) is 0 Å². The monoisotopic (exact) mass is 322 g/mol. The minimum Gasteiger partial charge on any atom is -0.357 e. The van der Waals surface area contributed by atoms with E-state index in [4.69, 9.17) is 16.6 Å². The number of nitrogens with zero attached hydrogens (tertiary/aromatic N) is 2. The molecular formula is C17H23ClN2S. The van der Waals surface area contributed by atoms with Gasteiger partial charge < -0.3 is 4.90 Å². The van der Waals surface area contributed by atoms with Crippen molar-refractivity contribution in [2.24, 2.45) is 0 Å². The first-order chi connectivity index (χ1) is 10.1. The molecule has 2 heterocycles. The average Bonchev–Trinajstić information content (AvgIpc) is 2.99. The summed E-state index contributed by atoms with van der Waals surface area (Å²) in [6, 6.07) is 8.95. The molecule has 0 amide bonds. The van der Waals surface area contributed by atoms with Crippen LogP contribution in [-0.2, 0) is 18.7 Å². The van der Waals surface area contributed by atoms with Crippen molar-refractivity contribution in [3.63, 3.8) is 0 Å². The van der Waals surface area contributed by atoms with Crippen LogP contribution >= 0.6 is 22.9 Å². The second kappa shape index (κ2) is 7.81. The van der Waals surface area contributed by atoms with Crippen molar-refractivity contribution < 1.29 is 0 Å². The molecule has 0 aromatic carbocycles. The van der Waals surface area contributed by atoms with Gasteiger partial charge in [0, 0.05) is 36.0 Å². The summed E-state index contributed by atoms with van der Waals surface area (Å²) in [5.74, 6) is 1.57. The maximum absolute atomic E-state index is 6.03. The lowest BCUT2D eigenvalue weighted by Crippen LogP contribution is -2.31. The molecule has 1 unspecified atom stereocenters. The SMILES string of the molecule is CCCc1cc(CCl)cc(N(C)C(C)Cc2cccs2)n1. The van der Waals surface area contributed by atoms with Gasteiger partial charge in [-0.15, -0.1) is 22.9 Å². The van der Waals surface area contributed by atoms with E-state index in [-0.39, 0.29) is 0 Å². The van der Waals surface area contributed by atoms with Gasteiger partial charge in [0.15, 0.2) is 0 Å². The van der Waals surface area contributed by atoms with E-state index in [9.17, 15) is 0 Å². The van der Waals surface area contributed by atoms with Crippen LogP contribution in [0.4, 0.5) is 5.82 Å². The number of halogens is 1. The van der Waals surface area contributed by atoms with Crippen LogP contribution in [0.25, 0.3) is 0 Å². The van der Waals surface area contributed by atoms with E-state index in [1.165, 1.54) is 4.88 Å². The van der Waals surface area contributed by atoms with Gasteiger partial charge in [0.25, 0.3) is 0 Å². The lowest BCUT2D eigenvalue weighted by Gasteiger charge is -2.26. The summed E-state index contributed by atoms with van der Waals surface area (Å²) in [5, 5.41) is 2.13. The Morgan fingerprint density at radius 3 is 2.81 bits per heavy atom. The number of alkyl halides is 1. The highest BCUT2D eigenvalue weighted by Crippen LogP contribution is 2.21. The van der Waals surface area contributed by atoms with E-state index in [1.807, 2.05) is 11.3 Å². The molecule has 0 bridgehead atoms. The van der Waals surface area contributed by atoms with Gasteiger partial charge in [-0.3, -0.25) is 0 Å². The van der Waals surface area contributed by atoms with E-state index in [1.54, 1.807) is 0 Å². The first-order valence-corrected chi connectivity index (χ1v) is 8.86. The van der Waals surface area contributed by atoms with E-state index in [0.29, 0.717) is 11.9 Å². The van der Waals surface area contributed by atoms with Gasteiger partial charge >= 0.3 is 0 Å². The molecule has 2 rings (SSSR count). The summed E-state index contributed by atoms with van der Waals surface area (Å²) in [6.45, 7) is 4.42. The average molecular weight is 323 g/mol. The molecule has 1 atom stereocenters. The number of aryl methyl sites for hydroxylation is 1. The molecule has 2 nitrogen and oxygen atoms in total. The summed E-state index contributed by atoms with van der Waals surface area (Å²) in [6.07, 6.45) is 3.15. The minimum atomic E-state index is 0.413. The normalized spacial score (nSPS) is 12.4.